The highest BCUT2D eigenvalue weighted by Crippen LogP contribution is 2.52. The maximum Gasteiger partial charge on any atom is 0.270 e. The van der Waals surface area contributed by atoms with Gasteiger partial charge in [0, 0.05) is 24.5 Å². The van der Waals surface area contributed by atoms with Gasteiger partial charge in [0.2, 0.25) is 0 Å². The normalized spacial score (nSPS) is 25.7. The van der Waals surface area contributed by atoms with Crippen molar-refractivity contribution in [2.24, 2.45) is 10.8 Å². The molecule has 2 fully saturated rings. The number of rotatable bonds is 3. The van der Waals surface area contributed by atoms with Crippen LogP contribution in [-0.2, 0) is 6.54 Å². The molecule has 1 saturated carbocycles. The lowest BCUT2D eigenvalue weighted by Gasteiger charge is -2.39. The molecule has 5 heteroatoms. The van der Waals surface area contributed by atoms with E-state index >= 15 is 0 Å². The van der Waals surface area contributed by atoms with Crippen LogP contribution in [0, 0.1) is 16.6 Å². The van der Waals surface area contributed by atoms with Gasteiger partial charge in [-0.3, -0.25) is 4.79 Å². The average molecular weight is 411 g/mol. The van der Waals surface area contributed by atoms with E-state index < -0.39 is 0 Å². The highest BCUT2D eigenvalue weighted by atomic mass is 32.1. The van der Waals surface area contributed by atoms with Crippen molar-refractivity contribution in [3.8, 4) is 0 Å². The highest BCUT2D eigenvalue weighted by Gasteiger charge is 2.51. The summed E-state index contributed by atoms with van der Waals surface area (Å²) in [5, 5.41) is 3.14. The number of amides is 1. The van der Waals surface area contributed by atoms with Crippen LogP contribution in [0.2, 0.25) is 0 Å². The second-order valence-electron chi connectivity index (χ2n) is 10.1. The lowest BCUT2D eigenvalue weighted by Crippen LogP contribution is -2.38. The van der Waals surface area contributed by atoms with Crippen LogP contribution in [0.4, 0.5) is 4.39 Å². The van der Waals surface area contributed by atoms with Gasteiger partial charge in [-0.25, -0.2) is 4.39 Å². The largest absolute Gasteiger partial charge is 0.334 e. The Morgan fingerprint density at radius 2 is 2.03 bits per heavy atom. The van der Waals surface area contributed by atoms with E-state index in [0.29, 0.717) is 12.6 Å². The van der Waals surface area contributed by atoms with Crippen LogP contribution in [0.3, 0.4) is 0 Å². The maximum atomic E-state index is 13.7. The smallest absolute Gasteiger partial charge is 0.270 e. The topological polar surface area (TPSA) is 25.2 Å². The van der Waals surface area contributed by atoms with Crippen molar-refractivity contribution in [3.63, 3.8) is 0 Å². The molecular formula is C24H27FN2OS. The summed E-state index contributed by atoms with van der Waals surface area (Å²) in [5.41, 5.74) is 2.08. The molecule has 3 aromatic rings. The first-order valence-corrected chi connectivity index (χ1v) is 11.2. The van der Waals surface area contributed by atoms with Gasteiger partial charge in [0.05, 0.1) is 0 Å². The van der Waals surface area contributed by atoms with Gasteiger partial charge in [0.25, 0.3) is 5.91 Å². The minimum atomic E-state index is -0.242. The lowest BCUT2D eigenvalue weighted by atomic mass is 9.65. The number of nitrogens with zero attached hydrogens (tertiary/aromatic N) is 2. The van der Waals surface area contributed by atoms with Gasteiger partial charge in [-0.15, -0.1) is 11.3 Å². The Morgan fingerprint density at radius 1 is 1.21 bits per heavy atom. The fourth-order valence-corrected chi connectivity index (χ4v) is 6.87. The summed E-state index contributed by atoms with van der Waals surface area (Å²) < 4.78 is 15.8. The summed E-state index contributed by atoms with van der Waals surface area (Å²) in [6.45, 7) is 8.32. The number of fused-ring (bicyclic) bond motifs is 3. The van der Waals surface area contributed by atoms with E-state index in [-0.39, 0.29) is 22.6 Å². The quantitative estimate of drug-likeness (QED) is 0.525. The molecule has 2 aliphatic rings. The SMILES string of the molecule is CC1(C)CC2CC(C)(CN2C(=O)c2cc3ccsc3n2Cc2cccc(F)c2)C1. The monoisotopic (exact) mass is 410 g/mol. The molecule has 0 radical (unpaired) electrons. The number of likely N-dealkylation sites (tertiary alicyclic amines) is 1. The third kappa shape index (κ3) is 3.29. The van der Waals surface area contributed by atoms with Gasteiger partial charge in [-0.05, 0) is 65.3 Å². The van der Waals surface area contributed by atoms with E-state index in [2.05, 4.69) is 36.3 Å². The standard InChI is InChI=1S/C24H27FN2OS/c1-23(2)11-19-12-24(3,14-23)15-27(19)21(28)20-10-17-7-8-29-22(17)26(20)13-16-5-4-6-18(25)9-16/h4-10,19H,11-15H2,1-3H3. The third-order valence-corrected chi connectivity index (χ3v) is 7.58. The van der Waals surface area contributed by atoms with Crippen molar-refractivity contribution in [2.45, 2.75) is 52.6 Å². The first-order valence-electron chi connectivity index (χ1n) is 10.4. The van der Waals surface area contributed by atoms with Crippen molar-refractivity contribution in [1.29, 1.82) is 0 Å². The molecule has 0 spiro atoms. The minimum Gasteiger partial charge on any atom is -0.334 e. The van der Waals surface area contributed by atoms with Crippen LogP contribution in [0.1, 0.15) is 56.1 Å². The molecule has 2 bridgehead atoms. The molecule has 2 aromatic heterocycles. The van der Waals surface area contributed by atoms with E-state index in [1.54, 1.807) is 23.5 Å². The fraction of sp³-hybridized carbons (Fsp3) is 0.458. The second-order valence-corrected chi connectivity index (χ2v) is 11.0. The summed E-state index contributed by atoms with van der Waals surface area (Å²) in [7, 11) is 0. The molecule has 152 valence electrons. The summed E-state index contributed by atoms with van der Waals surface area (Å²) >= 11 is 1.64. The van der Waals surface area contributed by atoms with Crippen LogP contribution in [0.5, 0.6) is 0 Å². The zero-order valence-electron chi connectivity index (χ0n) is 17.2. The van der Waals surface area contributed by atoms with Gasteiger partial charge in [0.1, 0.15) is 16.3 Å². The predicted octanol–water partition coefficient (Wildman–Crippen LogP) is 5.93. The van der Waals surface area contributed by atoms with Crippen LogP contribution in [-0.4, -0.2) is 28.0 Å². The molecule has 5 rings (SSSR count). The molecule has 2 atom stereocenters. The maximum absolute atomic E-state index is 13.7. The van der Waals surface area contributed by atoms with E-state index in [1.807, 2.05) is 17.5 Å². The van der Waals surface area contributed by atoms with Crippen LogP contribution >= 0.6 is 11.3 Å². The zero-order valence-corrected chi connectivity index (χ0v) is 18.1. The van der Waals surface area contributed by atoms with E-state index in [9.17, 15) is 9.18 Å². The Hall–Kier alpha value is -2.14. The van der Waals surface area contributed by atoms with Gasteiger partial charge >= 0.3 is 0 Å². The fourth-order valence-electron chi connectivity index (χ4n) is 5.97. The Labute approximate surface area is 175 Å². The Balaban J connectivity index is 1.52. The molecule has 1 saturated heterocycles. The van der Waals surface area contributed by atoms with Gasteiger partial charge < -0.3 is 9.47 Å². The average Bonchev–Trinajstić information content (AvgIpc) is 3.26. The van der Waals surface area contributed by atoms with Crippen molar-refractivity contribution in [1.82, 2.24) is 9.47 Å². The minimum absolute atomic E-state index is 0.122. The lowest BCUT2D eigenvalue weighted by molar-refractivity contribution is 0.0698. The van der Waals surface area contributed by atoms with Gasteiger partial charge in [-0.1, -0.05) is 32.9 Å². The Bertz CT molecular complexity index is 1100. The van der Waals surface area contributed by atoms with Crippen LogP contribution in [0.25, 0.3) is 10.2 Å². The summed E-state index contributed by atoms with van der Waals surface area (Å²) in [5.74, 6) is -0.121. The number of hydrogen-bond donors (Lipinski definition) is 0. The van der Waals surface area contributed by atoms with Crippen molar-refractivity contribution in [3.05, 3.63) is 58.9 Å². The molecule has 29 heavy (non-hydrogen) atoms. The zero-order chi connectivity index (χ0) is 20.4. The van der Waals surface area contributed by atoms with Crippen molar-refractivity contribution >= 4 is 27.5 Å². The van der Waals surface area contributed by atoms with Crippen LogP contribution in [0.15, 0.2) is 41.8 Å². The molecule has 1 aromatic carbocycles. The molecule has 1 aliphatic carbocycles. The van der Waals surface area contributed by atoms with Gasteiger partial charge in [-0.2, -0.15) is 0 Å². The molecule has 0 N–H and O–H groups in total. The number of halogens is 1. The van der Waals surface area contributed by atoms with Crippen LogP contribution < -0.4 is 0 Å². The van der Waals surface area contributed by atoms with E-state index in [4.69, 9.17) is 0 Å². The number of aromatic nitrogens is 1. The Kier molecular flexibility index (Phi) is 4.18. The summed E-state index contributed by atoms with van der Waals surface area (Å²) in [6.07, 6.45) is 3.33. The molecule has 1 amide bonds. The van der Waals surface area contributed by atoms with E-state index in [0.717, 1.165) is 40.9 Å². The van der Waals surface area contributed by atoms with Crippen molar-refractivity contribution in [2.75, 3.05) is 6.54 Å². The summed E-state index contributed by atoms with van der Waals surface area (Å²) in [6, 6.07) is 11.1. The van der Waals surface area contributed by atoms with Crippen molar-refractivity contribution < 1.29 is 9.18 Å². The number of carbonyl (C=O) groups is 1. The third-order valence-electron chi connectivity index (χ3n) is 6.63. The summed E-state index contributed by atoms with van der Waals surface area (Å²) in [4.78, 5) is 16.9. The molecule has 2 unspecified atom stereocenters. The second kappa shape index (κ2) is 6.43. The first kappa shape index (κ1) is 18.9. The van der Waals surface area contributed by atoms with E-state index in [1.165, 1.54) is 12.5 Å². The number of benzene rings is 1. The molecule has 1 aliphatic heterocycles. The number of carbonyl (C=O) groups excluding carboxylic acids is 1. The first-order chi connectivity index (χ1) is 13.7. The van der Waals surface area contributed by atoms with Gasteiger partial charge in [0.15, 0.2) is 0 Å². The molecular weight excluding hydrogens is 383 g/mol. The predicted molar refractivity (Wildman–Crippen MR) is 116 cm³/mol. The molecule has 3 heterocycles. The number of thiophene rings is 1. The number of hydrogen-bond acceptors (Lipinski definition) is 2. The molecule has 3 nitrogen and oxygen atoms in total. The Morgan fingerprint density at radius 3 is 2.83 bits per heavy atom. The highest BCUT2D eigenvalue weighted by molar-refractivity contribution is 7.16.